The van der Waals surface area contributed by atoms with Crippen molar-refractivity contribution in [3.63, 3.8) is 0 Å². The van der Waals surface area contributed by atoms with Gasteiger partial charge in [0.2, 0.25) is 0 Å². The predicted molar refractivity (Wildman–Crippen MR) is 192 cm³/mol. The summed E-state index contributed by atoms with van der Waals surface area (Å²) in [5.74, 6) is 0. The Morgan fingerprint density at radius 2 is 1.02 bits per heavy atom. The van der Waals surface area contributed by atoms with Crippen LogP contribution in [0.5, 0.6) is 0 Å². The van der Waals surface area contributed by atoms with Gasteiger partial charge in [-0.15, -0.1) is 0 Å². The van der Waals surface area contributed by atoms with Crippen molar-refractivity contribution < 1.29 is 44.5 Å². The first kappa shape index (κ1) is 10.8. The third-order valence-corrected chi connectivity index (χ3v) is 7.59. The maximum atomic E-state index is 9.79. The van der Waals surface area contributed by atoms with Crippen LogP contribution in [-0.4, -0.2) is 0 Å². The van der Waals surface area contributed by atoms with Crippen LogP contribution in [0.4, 0.5) is 0 Å². The van der Waals surface area contributed by atoms with Gasteiger partial charge in [0, 0.05) is 16.3 Å². The summed E-state index contributed by atoms with van der Waals surface area (Å²) >= 11 is 0. The Hall–Kier alpha value is -6.12. The number of rotatable bonds is 3. The third kappa shape index (κ3) is 3.65. The summed E-state index contributed by atoms with van der Waals surface area (Å²) in [6.45, 7) is 0. The first-order chi connectivity index (χ1) is 33.6. The Kier molecular flexibility index (Phi) is 2.26. The molecule has 0 bridgehead atoms. The Balaban J connectivity index is 1.44. The Morgan fingerprint density at radius 3 is 1.76 bits per heavy atom. The zero-order valence-electron chi connectivity index (χ0n) is 48.8. The van der Waals surface area contributed by atoms with E-state index in [4.69, 9.17) is 33.5 Å². The number of benzene rings is 8. The average Bonchev–Trinajstić information content (AvgIpc) is 3.91. The van der Waals surface area contributed by atoms with Crippen LogP contribution in [0.15, 0.2) is 166 Å². The summed E-state index contributed by atoms with van der Waals surface area (Å²) in [6, 6.07) is -21.6. The van der Waals surface area contributed by atoms with Gasteiger partial charge < -0.3 is 8.83 Å². The monoisotopic (exact) mass is 612 g/mol. The van der Waals surface area contributed by atoms with Crippen LogP contribution >= 0.6 is 0 Å². The molecule has 214 valence electrons. The summed E-state index contributed by atoms with van der Waals surface area (Å²) in [4.78, 5) is 0. The highest BCUT2D eigenvalue weighted by Gasteiger charge is 2.20. The average molecular weight is 613 g/mol. The van der Waals surface area contributed by atoms with E-state index in [1.165, 1.54) is 0 Å². The minimum absolute atomic E-state index is 0.428. The van der Waals surface area contributed by atoms with Crippen molar-refractivity contribution in [2.24, 2.45) is 0 Å². The minimum Gasteiger partial charge on any atom is -0.464 e. The summed E-state index contributed by atoms with van der Waals surface area (Å²) in [6.07, 6.45) is -0.869. The molecule has 0 spiro atoms. The molecule has 2 nitrogen and oxygen atoms in total. The lowest BCUT2D eigenvalue weighted by atomic mass is 9.86. The minimum atomic E-state index is -0.961. The zero-order chi connectivity index (χ0) is 52.8. The Morgan fingerprint density at radius 1 is 0.413 bits per heavy atom. The molecule has 0 aliphatic carbocycles. The van der Waals surface area contributed by atoms with Crippen molar-refractivity contribution >= 4 is 65.2 Å². The molecule has 0 aliphatic heterocycles. The van der Waals surface area contributed by atoms with Crippen molar-refractivity contribution in [2.45, 2.75) is 0 Å². The van der Waals surface area contributed by atoms with E-state index in [9.17, 15) is 11.0 Å². The van der Waals surface area contributed by atoms with E-state index >= 15 is 0 Å². The second-order valence-corrected chi connectivity index (χ2v) is 10.0. The standard InChI is InChI=1S/C44H26O2/c1-2-11-28(12-3-1)41-33-14-6-8-16-35(33)42(36-17-9-7-15-34(36)41)31-20-21-32-37-22-23-39-43(44(37)46-40(32)25-31)38(26-45-39)30-19-18-27-10-4-5-13-29(27)24-30/h1-26H/i1D,2D,3D,4D,5D,6D,7D,8D,9D,10D,11D,12D,13D,14D,15D,16D,17D,18D,19D,20D,21D,22D,23D,24D,25D,26D. The molecule has 2 aromatic heterocycles. The summed E-state index contributed by atoms with van der Waals surface area (Å²) in [5, 5.41) is -5.02. The summed E-state index contributed by atoms with van der Waals surface area (Å²) < 4.78 is 244. The molecular formula is C44H26O2. The lowest BCUT2D eigenvalue weighted by Gasteiger charge is -2.17. The maximum absolute atomic E-state index is 9.79. The van der Waals surface area contributed by atoms with Gasteiger partial charge in [0.1, 0.15) is 18.1 Å². The smallest absolute Gasteiger partial charge is 0.147 e. The molecule has 0 radical (unpaired) electrons. The highest BCUT2D eigenvalue weighted by molar-refractivity contribution is 6.23. The first-order valence-electron chi connectivity index (χ1n) is 26.6. The number of hydrogen-bond donors (Lipinski definition) is 0. The molecule has 0 amide bonds. The van der Waals surface area contributed by atoms with Crippen molar-refractivity contribution in [3.8, 4) is 33.4 Å². The Bertz CT molecular complexity index is 4180. The van der Waals surface area contributed by atoms with E-state index in [0.29, 0.717) is 0 Å². The van der Waals surface area contributed by atoms with E-state index in [2.05, 4.69) is 0 Å². The van der Waals surface area contributed by atoms with Crippen LogP contribution in [-0.2, 0) is 0 Å². The van der Waals surface area contributed by atoms with Gasteiger partial charge >= 0.3 is 0 Å². The third-order valence-electron chi connectivity index (χ3n) is 7.59. The van der Waals surface area contributed by atoms with Gasteiger partial charge in [-0.1, -0.05) is 121 Å². The van der Waals surface area contributed by atoms with E-state index < -0.39 is 256 Å². The van der Waals surface area contributed by atoms with E-state index in [1.807, 2.05) is 0 Å². The largest absolute Gasteiger partial charge is 0.464 e. The van der Waals surface area contributed by atoms with Crippen molar-refractivity contribution in [1.29, 1.82) is 0 Å². The van der Waals surface area contributed by atoms with Gasteiger partial charge in [0.05, 0.1) is 45.9 Å². The quantitative estimate of drug-likeness (QED) is 0.186. The predicted octanol–water partition coefficient (Wildman–Crippen LogP) is 12.8. The molecule has 0 saturated heterocycles. The van der Waals surface area contributed by atoms with Crippen LogP contribution in [0.2, 0.25) is 0 Å². The molecule has 0 fully saturated rings. The Labute approximate surface area is 301 Å². The van der Waals surface area contributed by atoms with E-state index in [1.54, 1.807) is 0 Å². The highest BCUT2D eigenvalue weighted by atomic mass is 16.3. The molecule has 0 atom stereocenters. The molecular weight excluding hydrogens is 560 g/mol. The normalized spacial score (nSPS) is 19.8. The van der Waals surface area contributed by atoms with E-state index in [0.717, 1.165) is 0 Å². The fourth-order valence-electron chi connectivity index (χ4n) is 5.65. The van der Waals surface area contributed by atoms with Crippen LogP contribution in [0.3, 0.4) is 0 Å². The topological polar surface area (TPSA) is 26.3 Å². The molecule has 10 aromatic rings. The van der Waals surface area contributed by atoms with E-state index in [-0.39, 0.29) is 0 Å². The molecule has 46 heavy (non-hydrogen) atoms. The van der Waals surface area contributed by atoms with Gasteiger partial charge in [0.25, 0.3) is 0 Å². The molecule has 2 heterocycles. The fourth-order valence-corrected chi connectivity index (χ4v) is 5.65. The highest BCUT2D eigenvalue weighted by Crippen LogP contribution is 2.46. The van der Waals surface area contributed by atoms with Crippen LogP contribution in [0.1, 0.15) is 35.6 Å². The lowest BCUT2D eigenvalue weighted by Crippen LogP contribution is -1.90. The molecule has 0 N–H and O–H groups in total. The molecule has 2 heteroatoms. The molecule has 10 rings (SSSR count). The van der Waals surface area contributed by atoms with Crippen molar-refractivity contribution in [3.05, 3.63) is 157 Å². The lowest BCUT2D eigenvalue weighted by molar-refractivity contribution is 0.616. The van der Waals surface area contributed by atoms with Crippen molar-refractivity contribution in [1.82, 2.24) is 0 Å². The van der Waals surface area contributed by atoms with Crippen LogP contribution < -0.4 is 0 Å². The number of fused-ring (bicyclic) bond motifs is 8. The molecule has 8 aromatic carbocycles. The number of furan rings is 2. The molecule has 0 aliphatic rings. The van der Waals surface area contributed by atoms with Gasteiger partial charge in [-0.05, 0) is 90.3 Å². The van der Waals surface area contributed by atoms with Crippen LogP contribution in [0, 0.1) is 0 Å². The van der Waals surface area contributed by atoms with Gasteiger partial charge in [-0.2, -0.15) is 0 Å². The van der Waals surface area contributed by atoms with Gasteiger partial charge in [-0.25, -0.2) is 0 Å². The maximum Gasteiger partial charge on any atom is 0.147 e. The van der Waals surface area contributed by atoms with Crippen LogP contribution in [0.25, 0.3) is 98.6 Å². The van der Waals surface area contributed by atoms with Gasteiger partial charge in [0.15, 0.2) is 0 Å². The van der Waals surface area contributed by atoms with Crippen molar-refractivity contribution in [2.75, 3.05) is 0 Å². The molecule has 0 unspecified atom stereocenters. The first-order valence-corrected chi connectivity index (χ1v) is 13.6. The molecule has 0 saturated carbocycles. The second-order valence-electron chi connectivity index (χ2n) is 10.0. The zero-order valence-corrected chi connectivity index (χ0v) is 22.8. The fraction of sp³-hybridized carbons (Fsp3) is 0. The summed E-state index contributed by atoms with van der Waals surface area (Å²) in [7, 11) is 0. The SMILES string of the molecule is [2H]c1oc2c([2H])c([2H])c3c(oc4c([2H])c(-c5c6c([2H])c([2H])c([2H])c([2H])c6c(-c6c([2H])c([2H])c([2H])c([2H])c6[2H])c6c([2H])c([2H])c([2H])c([2H])c56)c([2H])c([2H])c43)c2c1-c1c([2H])c([2H])c2c([2H])c([2H])c([2H])c([2H])c2c1[2H]. The second kappa shape index (κ2) is 9.69. The number of hydrogen-bond acceptors (Lipinski definition) is 2. The summed E-state index contributed by atoms with van der Waals surface area (Å²) in [5.41, 5.74) is -5.69. The van der Waals surface area contributed by atoms with Gasteiger partial charge in [-0.3, -0.25) is 0 Å².